The molecule has 0 aliphatic carbocycles. The Balaban J connectivity index is 2.28. The maximum atomic E-state index is 12.2. The van der Waals surface area contributed by atoms with E-state index < -0.39 is 15.9 Å². The Bertz CT molecular complexity index is 759. The first-order chi connectivity index (χ1) is 9.85. The van der Waals surface area contributed by atoms with E-state index in [1.807, 2.05) is 6.92 Å². The van der Waals surface area contributed by atoms with Gasteiger partial charge in [0, 0.05) is 11.3 Å². The van der Waals surface area contributed by atoms with E-state index in [9.17, 15) is 13.2 Å². The Morgan fingerprint density at radius 3 is 2.67 bits per heavy atom. The maximum Gasteiger partial charge on any atom is 0.273 e. The summed E-state index contributed by atoms with van der Waals surface area (Å²) in [4.78, 5) is 13.1. The van der Waals surface area contributed by atoms with Gasteiger partial charge in [0.15, 0.2) is 0 Å². The highest BCUT2D eigenvalue weighted by Crippen LogP contribution is 2.21. The number of nitrogens with one attached hydrogen (secondary N) is 1. The van der Waals surface area contributed by atoms with Crippen LogP contribution in [0.5, 0.6) is 0 Å². The first-order valence-electron chi connectivity index (χ1n) is 6.44. The van der Waals surface area contributed by atoms with E-state index in [0.717, 1.165) is 22.6 Å². The predicted molar refractivity (Wildman–Crippen MR) is 78.9 cm³/mol. The lowest BCUT2D eigenvalue weighted by molar-refractivity contribution is 0.0979. The van der Waals surface area contributed by atoms with Crippen molar-refractivity contribution in [1.82, 2.24) is 9.88 Å². The molecule has 1 amide bonds. The molecule has 0 aliphatic rings. The number of amides is 1. The zero-order chi connectivity index (χ0) is 15.6. The molecule has 0 spiro atoms. The molecule has 0 unspecified atom stereocenters. The number of hydrogen-bond donors (Lipinski definition) is 1. The van der Waals surface area contributed by atoms with Crippen molar-refractivity contribution in [2.24, 2.45) is 0 Å². The summed E-state index contributed by atoms with van der Waals surface area (Å²) in [5.74, 6) is -0.298. The first kappa shape index (κ1) is 15.7. The molecule has 114 valence electrons. The third-order valence-electron chi connectivity index (χ3n) is 2.85. The normalized spacial score (nSPS) is 11.6. The van der Waals surface area contributed by atoms with Crippen molar-refractivity contribution in [3.8, 4) is 0 Å². The minimum Gasteiger partial charge on any atom is -0.360 e. The quantitative estimate of drug-likeness (QED) is 0.910. The molecule has 2 rings (SSSR count). The first-order valence-corrected chi connectivity index (χ1v) is 8.74. The Morgan fingerprint density at radius 1 is 1.38 bits per heavy atom. The predicted octanol–water partition coefficient (Wildman–Crippen LogP) is 2.42. The molecule has 0 atom stereocenters. The molecule has 0 bridgehead atoms. The van der Waals surface area contributed by atoms with Crippen LogP contribution in [-0.2, 0) is 16.4 Å². The molecule has 8 heteroatoms. The lowest BCUT2D eigenvalue weighted by atomic mass is 10.1. The molecular formula is C13H16N2O4S2. The molecule has 0 radical (unpaired) electrons. The SMILES string of the molecule is CCCc1onc(C)c1C(=O)NS(=O)(=O)c1ccc(C)s1. The zero-order valence-corrected chi connectivity index (χ0v) is 13.6. The molecule has 0 saturated carbocycles. The fourth-order valence-electron chi connectivity index (χ4n) is 1.89. The number of sulfonamides is 1. The fourth-order valence-corrected chi connectivity index (χ4v) is 4.13. The number of rotatable bonds is 5. The van der Waals surface area contributed by atoms with E-state index in [1.165, 1.54) is 6.07 Å². The minimum atomic E-state index is -3.86. The van der Waals surface area contributed by atoms with Crippen LogP contribution in [-0.4, -0.2) is 19.5 Å². The second-order valence-corrected chi connectivity index (χ2v) is 7.81. The minimum absolute atomic E-state index is 0.111. The largest absolute Gasteiger partial charge is 0.360 e. The van der Waals surface area contributed by atoms with Crippen molar-refractivity contribution in [2.45, 2.75) is 37.8 Å². The number of thiophene rings is 1. The molecule has 21 heavy (non-hydrogen) atoms. The summed E-state index contributed by atoms with van der Waals surface area (Å²) >= 11 is 1.11. The molecule has 1 N–H and O–H groups in total. The highest BCUT2D eigenvalue weighted by molar-refractivity contribution is 7.92. The van der Waals surface area contributed by atoms with Gasteiger partial charge < -0.3 is 4.52 Å². The smallest absolute Gasteiger partial charge is 0.273 e. The summed E-state index contributed by atoms with van der Waals surface area (Å²) in [6.45, 7) is 5.35. The van der Waals surface area contributed by atoms with Crippen molar-refractivity contribution in [1.29, 1.82) is 0 Å². The van der Waals surface area contributed by atoms with E-state index in [-0.39, 0.29) is 9.77 Å². The molecular weight excluding hydrogens is 312 g/mol. The van der Waals surface area contributed by atoms with Crippen LogP contribution in [0.2, 0.25) is 0 Å². The van der Waals surface area contributed by atoms with Crippen LogP contribution in [0, 0.1) is 13.8 Å². The van der Waals surface area contributed by atoms with Crippen LogP contribution in [0.1, 0.15) is 40.0 Å². The maximum absolute atomic E-state index is 12.2. The zero-order valence-electron chi connectivity index (χ0n) is 12.0. The number of aromatic nitrogens is 1. The number of carbonyl (C=O) groups is 1. The van der Waals surface area contributed by atoms with Gasteiger partial charge in [-0.05, 0) is 32.4 Å². The molecule has 6 nitrogen and oxygen atoms in total. The summed E-state index contributed by atoms with van der Waals surface area (Å²) in [5, 5.41) is 3.74. The molecule has 2 aromatic heterocycles. The van der Waals surface area contributed by atoms with Crippen LogP contribution in [0.25, 0.3) is 0 Å². The van der Waals surface area contributed by atoms with Gasteiger partial charge in [-0.15, -0.1) is 11.3 Å². The van der Waals surface area contributed by atoms with Crippen LogP contribution in [0.4, 0.5) is 0 Å². The average Bonchev–Trinajstić information content (AvgIpc) is 2.96. The number of aryl methyl sites for hydroxylation is 3. The van der Waals surface area contributed by atoms with Gasteiger partial charge >= 0.3 is 0 Å². The molecule has 0 aromatic carbocycles. The van der Waals surface area contributed by atoms with Gasteiger partial charge in [0.2, 0.25) is 0 Å². The van der Waals surface area contributed by atoms with E-state index in [1.54, 1.807) is 19.9 Å². The third-order valence-corrected chi connectivity index (χ3v) is 5.67. The summed E-state index contributed by atoms with van der Waals surface area (Å²) in [5.41, 5.74) is 0.585. The van der Waals surface area contributed by atoms with E-state index in [2.05, 4.69) is 9.88 Å². The van der Waals surface area contributed by atoms with Crippen LogP contribution < -0.4 is 4.72 Å². The standard InChI is InChI=1S/C13H16N2O4S2/c1-4-5-10-12(9(3)14-19-10)13(16)15-21(17,18)11-7-6-8(2)20-11/h6-7H,4-5H2,1-3H3,(H,15,16). The second-order valence-electron chi connectivity index (χ2n) is 4.62. The van der Waals surface area contributed by atoms with Crippen molar-refractivity contribution < 1.29 is 17.7 Å². The van der Waals surface area contributed by atoms with Crippen LogP contribution >= 0.6 is 11.3 Å². The number of carbonyl (C=O) groups excluding carboxylic acids is 1. The van der Waals surface area contributed by atoms with Crippen LogP contribution in [0.3, 0.4) is 0 Å². The van der Waals surface area contributed by atoms with Gasteiger partial charge in [-0.2, -0.15) is 0 Å². The Hall–Kier alpha value is -1.67. The summed E-state index contributed by atoms with van der Waals surface area (Å²) in [7, 11) is -3.86. The monoisotopic (exact) mass is 328 g/mol. The van der Waals surface area contributed by atoms with E-state index in [4.69, 9.17) is 4.52 Å². The lowest BCUT2D eigenvalue weighted by Crippen LogP contribution is -2.30. The van der Waals surface area contributed by atoms with Crippen LogP contribution in [0.15, 0.2) is 20.9 Å². The second kappa shape index (κ2) is 5.98. The Kier molecular flexibility index (Phi) is 4.48. The number of hydrogen-bond acceptors (Lipinski definition) is 6. The van der Waals surface area contributed by atoms with Gasteiger partial charge in [0.05, 0.1) is 5.69 Å². The summed E-state index contributed by atoms with van der Waals surface area (Å²) < 4.78 is 31.6. The van der Waals surface area contributed by atoms with Gasteiger partial charge in [-0.3, -0.25) is 4.79 Å². The Labute approximate surface area is 127 Å². The summed E-state index contributed by atoms with van der Waals surface area (Å²) in [6.07, 6.45) is 1.30. The van der Waals surface area contributed by atoms with E-state index >= 15 is 0 Å². The van der Waals surface area contributed by atoms with Gasteiger partial charge in [0.25, 0.3) is 15.9 Å². The molecule has 0 fully saturated rings. The van der Waals surface area contributed by atoms with Crippen molar-refractivity contribution in [3.05, 3.63) is 34.0 Å². The average molecular weight is 328 g/mol. The highest BCUT2D eigenvalue weighted by atomic mass is 32.2. The van der Waals surface area contributed by atoms with Crippen molar-refractivity contribution >= 4 is 27.3 Å². The molecule has 0 saturated heterocycles. The topological polar surface area (TPSA) is 89.3 Å². The van der Waals surface area contributed by atoms with Gasteiger partial charge in [-0.1, -0.05) is 12.1 Å². The molecule has 0 aliphatic heterocycles. The highest BCUT2D eigenvalue weighted by Gasteiger charge is 2.25. The third kappa shape index (κ3) is 3.33. The van der Waals surface area contributed by atoms with Crippen molar-refractivity contribution in [3.63, 3.8) is 0 Å². The lowest BCUT2D eigenvalue weighted by Gasteiger charge is -2.05. The fraction of sp³-hybridized carbons (Fsp3) is 0.385. The van der Waals surface area contributed by atoms with E-state index in [0.29, 0.717) is 17.9 Å². The number of nitrogens with zero attached hydrogens (tertiary/aromatic N) is 1. The van der Waals surface area contributed by atoms with Gasteiger partial charge in [-0.25, -0.2) is 13.1 Å². The summed E-state index contributed by atoms with van der Waals surface area (Å²) in [6, 6.07) is 3.17. The molecule has 2 heterocycles. The molecule has 2 aromatic rings. The Morgan fingerprint density at radius 2 is 2.10 bits per heavy atom. The van der Waals surface area contributed by atoms with Crippen molar-refractivity contribution in [2.75, 3.05) is 0 Å². The van der Waals surface area contributed by atoms with Gasteiger partial charge in [0.1, 0.15) is 15.5 Å².